The van der Waals surface area contributed by atoms with Crippen LogP contribution in [0.2, 0.25) is 5.02 Å². The molecule has 0 fully saturated rings. The molecule has 14 heavy (non-hydrogen) atoms. The molecule has 0 saturated carbocycles. The summed E-state index contributed by atoms with van der Waals surface area (Å²) in [6, 6.07) is 1.49. The van der Waals surface area contributed by atoms with E-state index in [2.05, 4.69) is 4.74 Å². The molecule has 0 N–H and O–H groups in total. The number of rotatable bonds is 1. The Morgan fingerprint density at radius 2 is 1.86 bits per heavy atom. The summed E-state index contributed by atoms with van der Waals surface area (Å²) >= 11 is 5.36. The molecule has 0 spiro atoms. The molecule has 0 bridgehead atoms. The van der Waals surface area contributed by atoms with Crippen molar-refractivity contribution in [2.24, 2.45) is 0 Å². The van der Waals surface area contributed by atoms with Gasteiger partial charge in [-0.25, -0.2) is 4.39 Å². The van der Waals surface area contributed by atoms with E-state index in [0.29, 0.717) is 6.07 Å². The van der Waals surface area contributed by atoms with Gasteiger partial charge in [-0.3, -0.25) is 0 Å². The second-order valence-electron chi connectivity index (χ2n) is 2.47. The van der Waals surface area contributed by atoms with Crippen molar-refractivity contribution >= 4 is 11.6 Å². The average molecular weight is 229 g/mol. The highest BCUT2D eigenvalue weighted by molar-refractivity contribution is 6.30. The summed E-state index contributed by atoms with van der Waals surface area (Å²) in [5, 5.41) is -0.226. The van der Waals surface area contributed by atoms with Crippen LogP contribution in [-0.2, 0) is 6.18 Å². The summed E-state index contributed by atoms with van der Waals surface area (Å²) < 4.78 is 54.0. The number of hydrogen-bond donors (Lipinski definition) is 0. The van der Waals surface area contributed by atoms with Crippen molar-refractivity contribution in [2.75, 3.05) is 7.11 Å². The largest absolute Gasteiger partial charge is 0.494 e. The molecule has 1 aromatic rings. The molecule has 0 unspecified atom stereocenters. The minimum atomic E-state index is -4.78. The summed E-state index contributed by atoms with van der Waals surface area (Å²) in [4.78, 5) is 0. The lowest BCUT2D eigenvalue weighted by molar-refractivity contribution is -0.140. The SMILES string of the molecule is COc1cc(Cl)cc(C(F)(F)F)c1F. The third kappa shape index (κ3) is 2.09. The Hall–Kier alpha value is -0.970. The van der Waals surface area contributed by atoms with Gasteiger partial charge in [-0.1, -0.05) is 11.6 Å². The van der Waals surface area contributed by atoms with Crippen molar-refractivity contribution in [3.8, 4) is 5.75 Å². The molecule has 1 rings (SSSR count). The van der Waals surface area contributed by atoms with Gasteiger partial charge in [-0.2, -0.15) is 13.2 Å². The monoisotopic (exact) mass is 228 g/mol. The summed E-state index contributed by atoms with van der Waals surface area (Å²) in [6.07, 6.45) is -4.78. The molecule has 0 aliphatic carbocycles. The van der Waals surface area contributed by atoms with E-state index in [0.717, 1.165) is 13.2 Å². The zero-order chi connectivity index (χ0) is 10.9. The minimum absolute atomic E-state index is 0.226. The zero-order valence-electron chi connectivity index (χ0n) is 6.95. The topological polar surface area (TPSA) is 9.23 Å². The fourth-order valence-electron chi connectivity index (χ4n) is 0.919. The highest BCUT2D eigenvalue weighted by Crippen LogP contribution is 2.36. The van der Waals surface area contributed by atoms with E-state index in [1.165, 1.54) is 0 Å². The molecule has 1 aromatic carbocycles. The highest BCUT2D eigenvalue weighted by Gasteiger charge is 2.35. The molecule has 78 valence electrons. The Morgan fingerprint density at radius 1 is 1.29 bits per heavy atom. The second kappa shape index (κ2) is 3.65. The van der Waals surface area contributed by atoms with Gasteiger partial charge >= 0.3 is 6.18 Å². The lowest BCUT2D eigenvalue weighted by Gasteiger charge is -2.10. The Bertz CT molecular complexity index is 348. The van der Waals surface area contributed by atoms with Crippen LogP contribution >= 0.6 is 11.6 Å². The van der Waals surface area contributed by atoms with Gasteiger partial charge in [-0.05, 0) is 6.07 Å². The molecule has 0 aliphatic heterocycles. The van der Waals surface area contributed by atoms with Crippen LogP contribution in [0.5, 0.6) is 5.75 Å². The first kappa shape index (κ1) is 11.1. The first-order valence-electron chi connectivity index (χ1n) is 3.46. The van der Waals surface area contributed by atoms with Gasteiger partial charge in [0.2, 0.25) is 0 Å². The molecular weight excluding hydrogens is 224 g/mol. The maximum Gasteiger partial charge on any atom is 0.419 e. The molecule has 0 aliphatic rings. The molecule has 0 saturated heterocycles. The van der Waals surface area contributed by atoms with E-state index in [-0.39, 0.29) is 5.02 Å². The third-order valence-corrected chi connectivity index (χ3v) is 1.75. The summed E-state index contributed by atoms with van der Waals surface area (Å²) in [5.74, 6) is -1.98. The van der Waals surface area contributed by atoms with Crippen molar-refractivity contribution in [3.05, 3.63) is 28.5 Å². The smallest absolute Gasteiger partial charge is 0.419 e. The molecule has 0 heterocycles. The second-order valence-corrected chi connectivity index (χ2v) is 2.90. The number of methoxy groups -OCH3 is 1. The van der Waals surface area contributed by atoms with E-state index >= 15 is 0 Å². The maximum absolute atomic E-state index is 13.0. The predicted molar refractivity (Wildman–Crippen MR) is 43.0 cm³/mol. The minimum Gasteiger partial charge on any atom is -0.494 e. The summed E-state index contributed by atoms with van der Waals surface area (Å²) in [6.45, 7) is 0. The molecular formula is C8H5ClF4O. The Balaban J connectivity index is 3.37. The molecule has 0 amide bonds. The van der Waals surface area contributed by atoms with Crippen LogP contribution in [0.3, 0.4) is 0 Å². The number of benzene rings is 1. The number of hydrogen-bond acceptors (Lipinski definition) is 1. The predicted octanol–water partition coefficient (Wildman–Crippen LogP) is 3.51. The van der Waals surface area contributed by atoms with E-state index in [1.54, 1.807) is 0 Å². The van der Waals surface area contributed by atoms with Gasteiger partial charge in [0.15, 0.2) is 11.6 Å². The fourth-order valence-corrected chi connectivity index (χ4v) is 1.13. The fraction of sp³-hybridized carbons (Fsp3) is 0.250. The quantitative estimate of drug-likeness (QED) is 0.669. The lowest BCUT2D eigenvalue weighted by atomic mass is 10.2. The third-order valence-electron chi connectivity index (χ3n) is 1.53. The molecule has 0 radical (unpaired) electrons. The van der Waals surface area contributed by atoms with Gasteiger partial charge < -0.3 is 4.74 Å². The van der Waals surface area contributed by atoms with Gasteiger partial charge in [0.05, 0.1) is 12.7 Å². The summed E-state index contributed by atoms with van der Waals surface area (Å²) in [5.41, 5.74) is -1.43. The van der Waals surface area contributed by atoms with E-state index in [4.69, 9.17) is 11.6 Å². The van der Waals surface area contributed by atoms with Crippen LogP contribution < -0.4 is 4.74 Å². The van der Waals surface area contributed by atoms with Crippen molar-refractivity contribution in [2.45, 2.75) is 6.18 Å². The van der Waals surface area contributed by atoms with Gasteiger partial charge in [0.25, 0.3) is 0 Å². The standard InChI is InChI=1S/C8H5ClF4O/c1-14-6-3-4(9)2-5(7(6)10)8(11,12)13/h2-3H,1H3. The van der Waals surface area contributed by atoms with Crippen LogP contribution in [0.25, 0.3) is 0 Å². The number of alkyl halides is 3. The zero-order valence-corrected chi connectivity index (χ0v) is 7.71. The van der Waals surface area contributed by atoms with Crippen LogP contribution in [-0.4, -0.2) is 7.11 Å². The average Bonchev–Trinajstić information content (AvgIpc) is 2.06. The first-order valence-corrected chi connectivity index (χ1v) is 3.84. The van der Waals surface area contributed by atoms with E-state index in [9.17, 15) is 17.6 Å². The highest BCUT2D eigenvalue weighted by atomic mass is 35.5. The number of ether oxygens (including phenoxy) is 1. The van der Waals surface area contributed by atoms with Crippen LogP contribution in [0, 0.1) is 5.82 Å². The van der Waals surface area contributed by atoms with Gasteiger partial charge in [-0.15, -0.1) is 0 Å². The van der Waals surface area contributed by atoms with Crippen molar-refractivity contribution < 1.29 is 22.3 Å². The molecule has 1 nitrogen and oxygen atoms in total. The van der Waals surface area contributed by atoms with Crippen molar-refractivity contribution in [1.29, 1.82) is 0 Å². The number of halogens is 5. The van der Waals surface area contributed by atoms with Gasteiger partial charge in [0, 0.05) is 11.1 Å². The van der Waals surface area contributed by atoms with E-state index in [1.807, 2.05) is 0 Å². The Morgan fingerprint density at radius 3 is 2.29 bits per heavy atom. The lowest BCUT2D eigenvalue weighted by Crippen LogP contribution is -2.09. The normalized spacial score (nSPS) is 11.6. The molecule has 0 atom stereocenters. The first-order chi connectivity index (χ1) is 6.36. The van der Waals surface area contributed by atoms with Crippen LogP contribution in [0.4, 0.5) is 17.6 Å². The van der Waals surface area contributed by atoms with Crippen LogP contribution in [0.15, 0.2) is 12.1 Å². The molecule has 6 heteroatoms. The Labute approximate surface area is 82.2 Å². The van der Waals surface area contributed by atoms with Crippen molar-refractivity contribution in [3.63, 3.8) is 0 Å². The Kier molecular flexibility index (Phi) is 2.89. The van der Waals surface area contributed by atoms with Gasteiger partial charge in [0.1, 0.15) is 0 Å². The van der Waals surface area contributed by atoms with Crippen molar-refractivity contribution in [1.82, 2.24) is 0 Å². The summed E-state index contributed by atoms with van der Waals surface area (Å²) in [7, 11) is 1.06. The maximum atomic E-state index is 13.0. The van der Waals surface area contributed by atoms with E-state index < -0.39 is 23.3 Å². The van der Waals surface area contributed by atoms with Crippen LogP contribution in [0.1, 0.15) is 5.56 Å². The molecule has 0 aromatic heterocycles.